The van der Waals surface area contributed by atoms with Gasteiger partial charge in [0.05, 0.1) is 23.2 Å². The second-order valence-electron chi connectivity index (χ2n) is 8.91. The largest absolute Gasteiger partial charge is 0.446 e. The zero-order chi connectivity index (χ0) is 28.3. The summed E-state index contributed by atoms with van der Waals surface area (Å²) in [6.07, 6.45) is 4.15. The van der Waals surface area contributed by atoms with Gasteiger partial charge in [0.2, 0.25) is 0 Å². The minimum Gasteiger partial charge on any atom is -0.307 e. The van der Waals surface area contributed by atoms with Crippen LogP contribution in [0.3, 0.4) is 0 Å². The average molecular weight is 580 g/mol. The molecule has 0 saturated heterocycles. The van der Waals surface area contributed by atoms with E-state index in [1.807, 2.05) is 66.9 Å². The molecule has 0 unspecified atom stereocenters. The zero-order valence-corrected chi connectivity index (χ0v) is 23.1. The van der Waals surface area contributed by atoms with Crippen LogP contribution in [-0.2, 0) is 6.42 Å². The number of carbonyl (C=O) groups is 1. The molecule has 0 aliphatic rings. The van der Waals surface area contributed by atoms with Crippen LogP contribution in [0.1, 0.15) is 23.6 Å². The van der Waals surface area contributed by atoms with Crippen molar-refractivity contribution in [2.45, 2.75) is 30.7 Å². The topological polar surface area (TPSA) is 71.3 Å². The molecule has 40 heavy (non-hydrogen) atoms. The Hall–Kier alpha value is -3.96. The van der Waals surface area contributed by atoms with E-state index in [4.69, 9.17) is 0 Å². The van der Waals surface area contributed by atoms with E-state index in [0.29, 0.717) is 0 Å². The molecule has 0 aliphatic heterocycles. The molecule has 0 radical (unpaired) electrons. The number of carbonyl (C=O) groups excluding carboxylic acids is 1. The first-order valence-corrected chi connectivity index (χ1v) is 13.9. The third-order valence-electron chi connectivity index (χ3n) is 6.28. The number of thioether (sulfide) groups is 1. The highest BCUT2D eigenvalue weighted by Gasteiger charge is 2.29. The Morgan fingerprint density at radius 1 is 1.07 bits per heavy atom. The number of benzene rings is 4. The number of alkyl halides is 3. The van der Waals surface area contributed by atoms with Crippen molar-refractivity contribution < 1.29 is 18.0 Å². The highest BCUT2D eigenvalue weighted by Crippen LogP contribution is 2.37. The van der Waals surface area contributed by atoms with Crippen LogP contribution in [0.15, 0.2) is 88.4 Å². The summed E-state index contributed by atoms with van der Waals surface area (Å²) in [6, 6.07) is 21.5. The Balaban J connectivity index is 1.26. The number of aryl methyl sites for hydroxylation is 2. The van der Waals surface area contributed by atoms with Crippen molar-refractivity contribution in [1.29, 1.82) is 0 Å². The van der Waals surface area contributed by atoms with Crippen LogP contribution in [0.2, 0.25) is 0 Å². The van der Waals surface area contributed by atoms with Gasteiger partial charge in [-0.1, -0.05) is 43.3 Å². The van der Waals surface area contributed by atoms with Crippen LogP contribution in [0.25, 0.3) is 27.5 Å². The molecule has 0 spiro atoms. The summed E-state index contributed by atoms with van der Waals surface area (Å²) < 4.78 is 46.7. The summed E-state index contributed by atoms with van der Waals surface area (Å²) in [5.74, 6) is 0. The second-order valence-corrected chi connectivity index (χ2v) is 10.7. The number of fused-ring (bicyclic) bond motifs is 3. The number of hydrogen-bond donors (Lipinski definition) is 2. The van der Waals surface area contributed by atoms with Crippen molar-refractivity contribution in [1.82, 2.24) is 14.3 Å². The zero-order valence-electron chi connectivity index (χ0n) is 21.5. The lowest BCUT2D eigenvalue weighted by Crippen LogP contribution is -2.23. The van der Waals surface area contributed by atoms with E-state index in [9.17, 15) is 18.0 Å². The fraction of sp³-hybridized carbons (Fsp3) is 0.138. The Morgan fingerprint density at radius 2 is 1.88 bits per heavy atom. The lowest BCUT2D eigenvalue weighted by Gasteiger charge is -2.12. The summed E-state index contributed by atoms with van der Waals surface area (Å²) in [6.45, 7) is 4.00. The van der Waals surface area contributed by atoms with Crippen LogP contribution in [0.4, 0.5) is 23.7 Å². The minimum absolute atomic E-state index is 0.131. The molecule has 2 N–H and O–H groups in total. The maximum atomic E-state index is 12.6. The minimum atomic E-state index is -4.32. The number of rotatable bonds is 7. The van der Waals surface area contributed by atoms with Gasteiger partial charge in [-0.2, -0.15) is 13.2 Å². The molecular weight excluding hydrogens is 555 g/mol. The van der Waals surface area contributed by atoms with E-state index in [2.05, 4.69) is 19.4 Å². The van der Waals surface area contributed by atoms with Gasteiger partial charge in [0.15, 0.2) is 0 Å². The molecule has 5 aromatic rings. The molecule has 0 aliphatic carbocycles. The molecule has 0 saturated carbocycles. The Morgan fingerprint density at radius 3 is 2.62 bits per heavy atom. The molecule has 5 rings (SSSR count). The SMILES string of the molecule is CCc1cccc(C)c1NC(=O)NSN=Cc1ccc2c(ccc3c2ncn3-c2ccc(SC(F)(F)F)cc2)c1. The van der Waals surface area contributed by atoms with Crippen molar-refractivity contribution in [2.75, 3.05) is 5.32 Å². The number of anilines is 1. The van der Waals surface area contributed by atoms with Crippen LogP contribution < -0.4 is 10.0 Å². The van der Waals surface area contributed by atoms with Gasteiger partial charge in [-0.25, -0.2) is 14.2 Å². The van der Waals surface area contributed by atoms with Crippen molar-refractivity contribution in [3.8, 4) is 5.69 Å². The Bertz CT molecular complexity index is 1720. The van der Waals surface area contributed by atoms with Crippen LogP contribution in [-0.4, -0.2) is 27.3 Å². The van der Waals surface area contributed by atoms with E-state index in [-0.39, 0.29) is 22.7 Å². The van der Waals surface area contributed by atoms with E-state index in [1.165, 1.54) is 12.1 Å². The third-order valence-corrected chi connectivity index (χ3v) is 7.50. The number of imidazole rings is 1. The number of urea groups is 1. The van der Waals surface area contributed by atoms with Gasteiger partial charge in [0, 0.05) is 27.9 Å². The molecule has 4 aromatic carbocycles. The lowest BCUT2D eigenvalue weighted by atomic mass is 10.1. The molecule has 0 fully saturated rings. The fourth-order valence-corrected chi connectivity index (χ4v) is 5.32. The summed E-state index contributed by atoms with van der Waals surface area (Å²) >= 11 is 0.798. The van der Waals surface area contributed by atoms with Gasteiger partial charge < -0.3 is 5.32 Å². The Labute approximate surface area is 237 Å². The molecule has 11 heteroatoms. The molecule has 1 aromatic heterocycles. The fourth-order valence-electron chi connectivity index (χ4n) is 4.42. The van der Waals surface area contributed by atoms with Crippen LogP contribution in [0.5, 0.6) is 0 Å². The predicted octanol–water partition coefficient (Wildman–Crippen LogP) is 8.47. The molecular formula is C29H24F3N5OS2. The second kappa shape index (κ2) is 11.6. The van der Waals surface area contributed by atoms with Crippen LogP contribution >= 0.6 is 23.9 Å². The highest BCUT2D eigenvalue weighted by atomic mass is 32.2. The molecule has 6 nitrogen and oxygen atoms in total. The van der Waals surface area contributed by atoms with Crippen molar-refractivity contribution in [3.05, 3.63) is 95.8 Å². The first kappa shape index (κ1) is 27.6. The van der Waals surface area contributed by atoms with E-state index < -0.39 is 5.51 Å². The lowest BCUT2D eigenvalue weighted by molar-refractivity contribution is -0.0328. The van der Waals surface area contributed by atoms with E-state index in [0.717, 1.165) is 68.4 Å². The molecule has 1 heterocycles. The molecule has 0 bridgehead atoms. The molecule has 204 valence electrons. The van der Waals surface area contributed by atoms with Crippen molar-refractivity contribution >= 4 is 63.6 Å². The smallest absolute Gasteiger partial charge is 0.307 e. The van der Waals surface area contributed by atoms with E-state index >= 15 is 0 Å². The summed E-state index contributed by atoms with van der Waals surface area (Å²) in [5, 5.41) is 4.79. The molecule has 0 atom stereocenters. The van der Waals surface area contributed by atoms with Gasteiger partial charge in [0.1, 0.15) is 6.33 Å². The van der Waals surface area contributed by atoms with Gasteiger partial charge in [-0.15, -0.1) is 0 Å². The number of nitrogens with one attached hydrogen (secondary N) is 2. The first-order chi connectivity index (χ1) is 19.2. The molecule has 2 amide bonds. The highest BCUT2D eigenvalue weighted by molar-refractivity contribution is 8.00. The maximum absolute atomic E-state index is 12.6. The summed E-state index contributed by atoms with van der Waals surface area (Å²) in [4.78, 5) is 17.0. The number of hydrogen-bond acceptors (Lipinski definition) is 5. The van der Waals surface area contributed by atoms with Gasteiger partial charge in [-0.05, 0) is 83.6 Å². The summed E-state index contributed by atoms with van der Waals surface area (Å²) in [7, 11) is 0. The van der Waals surface area contributed by atoms with Crippen molar-refractivity contribution in [2.24, 2.45) is 4.40 Å². The van der Waals surface area contributed by atoms with E-state index in [1.54, 1.807) is 24.7 Å². The van der Waals surface area contributed by atoms with Gasteiger partial charge in [-0.3, -0.25) is 9.29 Å². The quantitative estimate of drug-likeness (QED) is 0.115. The first-order valence-electron chi connectivity index (χ1n) is 12.3. The monoisotopic (exact) mass is 579 g/mol. The standard InChI is InChI=1S/C29H24F3N5OS2/c1-3-20-6-4-5-18(2)26(20)35-28(38)36-40-34-16-19-7-13-24-21(15-19)8-14-25-27(24)33-17-37(25)22-9-11-23(12-10-22)39-29(30,31)32/h4-17H,3H2,1-2H3,(H2,35,36,38). The summed E-state index contributed by atoms with van der Waals surface area (Å²) in [5.41, 5.74) is 1.75. The number of amides is 2. The number of para-hydroxylation sites is 1. The average Bonchev–Trinajstić information content (AvgIpc) is 3.36. The van der Waals surface area contributed by atoms with Crippen LogP contribution in [0, 0.1) is 6.92 Å². The van der Waals surface area contributed by atoms with Gasteiger partial charge in [0.25, 0.3) is 0 Å². The maximum Gasteiger partial charge on any atom is 0.446 e. The van der Waals surface area contributed by atoms with Gasteiger partial charge >= 0.3 is 11.5 Å². The predicted molar refractivity (Wildman–Crippen MR) is 158 cm³/mol. The third kappa shape index (κ3) is 6.26. The number of aromatic nitrogens is 2. The Kier molecular flexibility index (Phi) is 8.04. The number of nitrogens with zero attached hydrogens (tertiary/aromatic N) is 3. The normalized spacial score (nSPS) is 11.9. The van der Waals surface area contributed by atoms with Crippen molar-refractivity contribution in [3.63, 3.8) is 0 Å². The number of halogens is 3.